The SMILES string of the molecule is CC1=Nc2c(c(=O)[nH]n2[C@H]2CCOC(C)(C)C2)[C@@H](c2cc(F)c(F)c(F)c2)S1. The second-order valence-corrected chi connectivity index (χ2v) is 9.03. The van der Waals surface area contributed by atoms with Crippen molar-refractivity contribution < 1.29 is 17.9 Å². The highest BCUT2D eigenvalue weighted by atomic mass is 32.2. The van der Waals surface area contributed by atoms with Crippen LogP contribution in [0.1, 0.15) is 56.0 Å². The fraction of sp³-hybridized carbons (Fsp3) is 0.474. The van der Waals surface area contributed by atoms with Crippen LogP contribution < -0.4 is 5.56 Å². The van der Waals surface area contributed by atoms with Gasteiger partial charge in [0.1, 0.15) is 0 Å². The van der Waals surface area contributed by atoms with Crippen molar-refractivity contribution >= 4 is 22.6 Å². The monoisotopic (exact) mass is 411 g/mol. The molecule has 1 aromatic carbocycles. The van der Waals surface area contributed by atoms with Crippen molar-refractivity contribution in [3.05, 3.63) is 51.1 Å². The number of ether oxygens (including phenoxy) is 1. The highest BCUT2D eigenvalue weighted by Crippen LogP contribution is 2.45. The Morgan fingerprint density at radius 1 is 1.29 bits per heavy atom. The van der Waals surface area contributed by atoms with Gasteiger partial charge in [0.05, 0.1) is 27.5 Å². The first-order chi connectivity index (χ1) is 13.2. The lowest BCUT2D eigenvalue weighted by atomic mass is 9.94. The molecule has 0 aliphatic carbocycles. The summed E-state index contributed by atoms with van der Waals surface area (Å²) in [6, 6.07) is 1.86. The third-order valence-corrected chi connectivity index (χ3v) is 6.27. The number of H-pyrrole nitrogens is 1. The predicted molar refractivity (Wildman–Crippen MR) is 102 cm³/mol. The van der Waals surface area contributed by atoms with Crippen molar-refractivity contribution in [2.24, 2.45) is 4.99 Å². The van der Waals surface area contributed by atoms with Gasteiger partial charge in [-0.2, -0.15) is 0 Å². The molecule has 150 valence electrons. The normalized spacial score (nSPS) is 24.0. The third kappa shape index (κ3) is 3.30. The number of halogens is 3. The van der Waals surface area contributed by atoms with Crippen molar-refractivity contribution in [2.75, 3.05) is 6.61 Å². The maximum atomic E-state index is 13.8. The molecule has 9 heteroatoms. The van der Waals surface area contributed by atoms with Gasteiger partial charge in [0.15, 0.2) is 23.3 Å². The minimum atomic E-state index is -1.52. The van der Waals surface area contributed by atoms with Gasteiger partial charge in [-0.25, -0.2) is 18.2 Å². The maximum Gasteiger partial charge on any atom is 0.271 e. The van der Waals surface area contributed by atoms with Crippen molar-refractivity contribution in [1.82, 2.24) is 9.78 Å². The summed E-state index contributed by atoms with van der Waals surface area (Å²) in [5, 5.41) is 2.83. The molecule has 2 aromatic rings. The Morgan fingerprint density at radius 2 is 1.96 bits per heavy atom. The Hall–Kier alpha value is -2.00. The summed E-state index contributed by atoms with van der Waals surface area (Å²) >= 11 is 1.22. The molecule has 1 fully saturated rings. The van der Waals surface area contributed by atoms with Gasteiger partial charge in [-0.05, 0) is 51.3 Å². The number of nitrogens with zero attached hydrogens (tertiary/aromatic N) is 2. The van der Waals surface area contributed by atoms with Crippen molar-refractivity contribution in [2.45, 2.75) is 50.5 Å². The summed E-state index contributed by atoms with van der Waals surface area (Å²) < 4.78 is 48.5. The second-order valence-electron chi connectivity index (χ2n) is 7.73. The van der Waals surface area contributed by atoms with Gasteiger partial charge < -0.3 is 4.74 Å². The molecule has 0 radical (unpaired) electrons. The van der Waals surface area contributed by atoms with E-state index in [4.69, 9.17) is 4.74 Å². The fourth-order valence-corrected chi connectivity index (χ4v) is 4.94. The Bertz CT molecular complexity index is 1000. The Balaban J connectivity index is 1.82. The van der Waals surface area contributed by atoms with Crippen molar-refractivity contribution in [1.29, 1.82) is 0 Å². The molecule has 0 saturated carbocycles. The van der Waals surface area contributed by atoms with Crippen LogP contribution in [0.5, 0.6) is 0 Å². The third-order valence-electron chi connectivity index (χ3n) is 5.09. The van der Waals surface area contributed by atoms with Crippen LogP contribution in [-0.2, 0) is 4.74 Å². The van der Waals surface area contributed by atoms with E-state index in [0.717, 1.165) is 12.1 Å². The molecule has 0 bridgehead atoms. The molecule has 2 aliphatic heterocycles. The summed E-state index contributed by atoms with van der Waals surface area (Å²) in [4.78, 5) is 17.3. The number of hydrogen-bond acceptors (Lipinski definition) is 4. The molecule has 28 heavy (non-hydrogen) atoms. The lowest BCUT2D eigenvalue weighted by molar-refractivity contribution is -0.0705. The minimum Gasteiger partial charge on any atom is -0.375 e. The molecule has 0 unspecified atom stereocenters. The van der Waals surface area contributed by atoms with Gasteiger partial charge >= 0.3 is 0 Å². The van der Waals surface area contributed by atoms with E-state index >= 15 is 0 Å². The minimum absolute atomic E-state index is 0.0119. The summed E-state index contributed by atoms with van der Waals surface area (Å²) in [6.45, 7) is 6.31. The zero-order valence-electron chi connectivity index (χ0n) is 15.7. The number of rotatable bonds is 2. The van der Waals surface area contributed by atoms with Crippen molar-refractivity contribution in [3.63, 3.8) is 0 Å². The largest absolute Gasteiger partial charge is 0.375 e. The van der Waals surface area contributed by atoms with E-state index in [0.29, 0.717) is 35.9 Å². The molecule has 4 rings (SSSR count). The number of thioether (sulfide) groups is 1. The van der Waals surface area contributed by atoms with E-state index < -0.39 is 22.7 Å². The molecule has 1 N–H and O–H groups in total. The van der Waals surface area contributed by atoms with Gasteiger partial charge in [-0.15, -0.1) is 0 Å². The molecule has 5 nitrogen and oxygen atoms in total. The first-order valence-corrected chi connectivity index (χ1v) is 9.89. The Kier molecular flexibility index (Phi) is 4.70. The Labute approximate surface area is 164 Å². The Morgan fingerprint density at radius 3 is 2.61 bits per heavy atom. The van der Waals surface area contributed by atoms with Gasteiger partial charge in [-0.1, -0.05) is 11.8 Å². The first kappa shape index (κ1) is 19.3. The highest BCUT2D eigenvalue weighted by Gasteiger charge is 2.36. The molecule has 2 atom stereocenters. The van der Waals surface area contributed by atoms with E-state index in [1.54, 1.807) is 11.6 Å². The van der Waals surface area contributed by atoms with Crippen LogP contribution in [0.25, 0.3) is 0 Å². The van der Waals surface area contributed by atoms with Gasteiger partial charge in [0.25, 0.3) is 5.56 Å². The van der Waals surface area contributed by atoms with E-state index in [1.807, 2.05) is 13.8 Å². The number of aliphatic imine (C=N–C) groups is 1. The number of aromatic nitrogens is 2. The predicted octanol–water partition coefficient (Wildman–Crippen LogP) is 4.61. The molecular formula is C19H20F3N3O2S. The van der Waals surface area contributed by atoms with E-state index in [2.05, 4.69) is 10.1 Å². The van der Waals surface area contributed by atoms with E-state index in [1.165, 1.54) is 11.8 Å². The molecule has 1 saturated heterocycles. The summed E-state index contributed by atoms with van der Waals surface area (Å²) in [6.07, 6.45) is 1.41. The van der Waals surface area contributed by atoms with E-state index in [9.17, 15) is 18.0 Å². The quantitative estimate of drug-likeness (QED) is 0.735. The summed E-state index contributed by atoms with van der Waals surface area (Å²) in [5.41, 5.74) is -0.183. The maximum absolute atomic E-state index is 13.8. The van der Waals surface area contributed by atoms with Gasteiger partial charge in [-0.3, -0.25) is 14.6 Å². The van der Waals surface area contributed by atoms with Crippen molar-refractivity contribution in [3.8, 4) is 0 Å². The van der Waals surface area contributed by atoms with Crippen LogP contribution in [0.4, 0.5) is 19.0 Å². The second kappa shape index (κ2) is 6.81. The number of benzene rings is 1. The first-order valence-electron chi connectivity index (χ1n) is 9.01. The van der Waals surface area contributed by atoms with Gasteiger partial charge in [0, 0.05) is 6.61 Å². The number of hydrogen-bond donors (Lipinski definition) is 1. The molecular weight excluding hydrogens is 391 g/mol. The zero-order chi connectivity index (χ0) is 20.2. The average Bonchev–Trinajstić information content (AvgIpc) is 2.94. The zero-order valence-corrected chi connectivity index (χ0v) is 16.5. The lowest BCUT2D eigenvalue weighted by Gasteiger charge is -2.36. The smallest absolute Gasteiger partial charge is 0.271 e. The summed E-state index contributed by atoms with van der Waals surface area (Å²) in [5.74, 6) is -3.62. The molecule has 2 aliphatic rings. The standard InChI is InChI=1S/C19H20F3N3O2S/c1-9-23-17-14(16(28-9)10-6-12(20)15(22)13(21)7-10)18(26)24-25(17)11-4-5-27-19(2,3)8-11/h6-7,11,16H,4-5,8H2,1-3H3,(H,24,26)/t11-,16+/m0/s1. The van der Waals surface area contributed by atoms with Crippen LogP contribution >= 0.6 is 11.8 Å². The van der Waals surface area contributed by atoms with Crippen LogP contribution in [0.2, 0.25) is 0 Å². The highest BCUT2D eigenvalue weighted by molar-refractivity contribution is 8.14. The van der Waals surface area contributed by atoms with Crippen LogP contribution in [0, 0.1) is 17.5 Å². The van der Waals surface area contributed by atoms with E-state index in [-0.39, 0.29) is 22.8 Å². The topological polar surface area (TPSA) is 59.4 Å². The van der Waals surface area contributed by atoms with Crippen LogP contribution in [-0.4, -0.2) is 27.0 Å². The molecule has 3 heterocycles. The molecule has 1 aromatic heterocycles. The van der Waals surface area contributed by atoms with Gasteiger partial charge in [0.2, 0.25) is 0 Å². The molecule has 0 amide bonds. The lowest BCUT2D eigenvalue weighted by Crippen LogP contribution is -2.35. The summed E-state index contributed by atoms with van der Waals surface area (Å²) in [7, 11) is 0. The molecule has 0 spiro atoms. The average molecular weight is 411 g/mol. The number of fused-ring (bicyclic) bond motifs is 1. The fourth-order valence-electron chi connectivity index (χ4n) is 3.85. The number of aromatic amines is 1. The number of nitrogens with one attached hydrogen (secondary N) is 1. The van der Waals surface area contributed by atoms with Crippen LogP contribution in [0.3, 0.4) is 0 Å². The van der Waals surface area contributed by atoms with Crippen LogP contribution in [0.15, 0.2) is 21.9 Å².